The minimum Gasteiger partial charge on any atom is -0.481 e. The van der Waals surface area contributed by atoms with Crippen LogP contribution in [0.5, 0.6) is 0 Å². The van der Waals surface area contributed by atoms with Gasteiger partial charge in [-0.25, -0.2) is 13.1 Å². The second-order valence-corrected chi connectivity index (χ2v) is 7.09. The van der Waals surface area contributed by atoms with Crippen LogP contribution in [0.3, 0.4) is 0 Å². The van der Waals surface area contributed by atoms with Crippen LogP contribution in [-0.2, 0) is 21.2 Å². The van der Waals surface area contributed by atoms with Crippen LogP contribution in [0.4, 0.5) is 0 Å². The molecule has 20 heavy (non-hydrogen) atoms. The van der Waals surface area contributed by atoms with Crippen molar-refractivity contribution in [3.05, 3.63) is 35.9 Å². The second-order valence-electron chi connectivity index (χ2n) is 5.21. The Morgan fingerprint density at radius 3 is 2.50 bits per heavy atom. The molecule has 1 unspecified atom stereocenters. The highest BCUT2D eigenvalue weighted by Crippen LogP contribution is 2.34. The molecule has 0 spiro atoms. The van der Waals surface area contributed by atoms with E-state index in [-0.39, 0.29) is 18.1 Å². The first kappa shape index (κ1) is 15.0. The van der Waals surface area contributed by atoms with E-state index < -0.39 is 22.0 Å². The van der Waals surface area contributed by atoms with E-state index in [4.69, 9.17) is 5.11 Å². The van der Waals surface area contributed by atoms with E-state index in [1.807, 2.05) is 30.3 Å². The van der Waals surface area contributed by atoms with Gasteiger partial charge in [0.15, 0.2) is 0 Å². The number of sulfonamides is 1. The molecule has 0 aliphatic heterocycles. The molecule has 0 heterocycles. The summed E-state index contributed by atoms with van der Waals surface area (Å²) in [4.78, 5) is 10.8. The summed E-state index contributed by atoms with van der Waals surface area (Å²) in [6.45, 7) is 0. The van der Waals surface area contributed by atoms with Crippen molar-refractivity contribution in [2.75, 3.05) is 5.75 Å². The maximum Gasteiger partial charge on any atom is 0.304 e. The highest BCUT2D eigenvalue weighted by molar-refractivity contribution is 7.89. The molecule has 1 atom stereocenters. The molecule has 2 rings (SSSR count). The molecule has 0 bridgehead atoms. The molecule has 6 heteroatoms. The van der Waals surface area contributed by atoms with Crippen molar-refractivity contribution in [2.24, 2.45) is 5.92 Å². The van der Waals surface area contributed by atoms with Gasteiger partial charge in [-0.3, -0.25) is 4.79 Å². The number of rotatable bonds is 8. The lowest BCUT2D eigenvalue weighted by Gasteiger charge is -2.16. The Hall–Kier alpha value is -1.40. The van der Waals surface area contributed by atoms with E-state index in [2.05, 4.69) is 4.72 Å². The first-order valence-electron chi connectivity index (χ1n) is 6.72. The molecule has 1 aromatic carbocycles. The van der Waals surface area contributed by atoms with E-state index in [0.717, 1.165) is 18.4 Å². The zero-order valence-corrected chi connectivity index (χ0v) is 12.0. The van der Waals surface area contributed by atoms with Crippen molar-refractivity contribution in [3.63, 3.8) is 0 Å². The van der Waals surface area contributed by atoms with E-state index in [0.29, 0.717) is 6.42 Å². The van der Waals surface area contributed by atoms with Crippen molar-refractivity contribution in [1.29, 1.82) is 0 Å². The molecule has 1 saturated carbocycles. The summed E-state index contributed by atoms with van der Waals surface area (Å²) in [5.74, 6) is -0.801. The summed E-state index contributed by atoms with van der Waals surface area (Å²) in [5, 5.41) is 8.83. The van der Waals surface area contributed by atoms with Gasteiger partial charge in [-0.1, -0.05) is 30.3 Å². The van der Waals surface area contributed by atoms with E-state index in [9.17, 15) is 13.2 Å². The standard InChI is InChI=1S/C14H19NO4S/c16-14(17)10-13(12-6-7-12)15-20(18,19)9-8-11-4-2-1-3-5-11/h1-5,12-13,15H,6-10H2,(H,16,17). The van der Waals surface area contributed by atoms with Crippen molar-refractivity contribution >= 4 is 16.0 Å². The Labute approximate surface area is 119 Å². The van der Waals surface area contributed by atoms with E-state index >= 15 is 0 Å². The van der Waals surface area contributed by atoms with Crippen molar-refractivity contribution < 1.29 is 18.3 Å². The first-order chi connectivity index (χ1) is 9.46. The van der Waals surface area contributed by atoms with E-state index in [1.54, 1.807) is 0 Å². The SMILES string of the molecule is O=C(O)CC(NS(=O)(=O)CCc1ccccc1)C1CC1. The Morgan fingerprint density at radius 2 is 1.95 bits per heavy atom. The number of aliphatic carboxylic acids is 1. The van der Waals surface area contributed by atoms with Crippen molar-refractivity contribution in [3.8, 4) is 0 Å². The number of aryl methyl sites for hydroxylation is 1. The van der Waals surface area contributed by atoms with Crippen molar-refractivity contribution in [2.45, 2.75) is 31.7 Å². The number of carboxylic acid groups (broad SMARTS) is 1. The Kier molecular flexibility index (Phi) is 4.77. The van der Waals surface area contributed by atoms with Crippen LogP contribution < -0.4 is 4.72 Å². The van der Waals surface area contributed by atoms with Crippen LogP contribution in [-0.4, -0.2) is 31.3 Å². The van der Waals surface area contributed by atoms with Gasteiger partial charge in [-0.2, -0.15) is 0 Å². The lowest BCUT2D eigenvalue weighted by atomic mass is 10.1. The molecule has 5 nitrogen and oxygen atoms in total. The summed E-state index contributed by atoms with van der Waals surface area (Å²) >= 11 is 0. The monoisotopic (exact) mass is 297 g/mol. The third kappa shape index (κ3) is 4.94. The molecule has 1 aliphatic rings. The van der Waals surface area contributed by atoms with Crippen LogP contribution >= 0.6 is 0 Å². The van der Waals surface area contributed by atoms with Crippen molar-refractivity contribution in [1.82, 2.24) is 4.72 Å². The summed E-state index contributed by atoms with van der Waals surface area (Å²) in [5.41, 5.74) is 0.957. The number of hydrogen-bond acceptors (Lipinski definition) is 3. The number of benzene rings is 1. The Bertz CT molecular complexity index is 552. The fourth-order valence-electron chi connectivity index (χ4n) is 2.18. The van der Waals surface area contributed by atoms with E-state index in [1.165, 1.54) is 0 Å². The summed E-state index contributed by atoms with van der Waals surface area (Å²) in [6, 6.07) is 8.91. The molecular formula is C14H19NO4S. The van der Waals surface area contributed by atoms with Gasteiger partial charge < -0.3 is 5.11 Å². The topological polar surface area (TPSA) is 83.5 Å². The minimum absolute atomic E-state index is 0.0140. The predicted octanol–water partition coefficient (Wildman–Crippen LogP) is 1.40. The number of nitrogens with one attached hydrogen (secondary N) is 1. The third-order valence-electron chi connectivity index (χ3n) is 3.42. The van der Waals surface area contributed by atoms with Gasteiger partial charge in [0, 0.05) is 6.04 Å². The highest BCUT2D eigenvalue weighted by Gasteiger charge is 2.35. The van der Waals surface area contributed by atoms with Gasteiger partial charge in [0.1, 0.15) is 0 Å². The van der Waals surface area contributed by atoms with Crippen LogP contribution in [0.15, 0.2) is 30.3 Å². The lowest BCUT2D eigenvalue weighted by Crippen LogP contribution is -2.39. The number of carboxylic acids is 1. The molecule has 110 valence electrons. The quantitative estimate of drug-likeness (QED) is 0.760. The van der Waals surface area contributed by atoms with Gasteiger partial charge in [-0.05, 0) is 30.7 Å². The fraction of sp³-hybridized carbons (Fsp3) is 0.500. The zero-order chi connectivity index (χ0) is 14.6. The van der Waals surface area contributed by atoms with Crippen LogP contribution in [0, 0.1) is 5.92 Å². The maximum absolute atomic E-state index is 12.0. The lowest BCUT2D eigenvalue weighted by molar-refractivity contribution is -0.137. The molecular weight excluding hydrogens is 278 g/mol. The summed E-state index contributed by atoms with van der Waals surface area (Å²) in [7, 11) is -3.44. The largest absolute Gasteiger partial charge is 0.481 e. The second kappa shape index (κ2) is 6.37. The summed E-state index contributed by atoms with van der Waals surface area (Å²) < 4.78 is 26.6. The van der Waals surface area contributed by atoms with Crippen LogP contribution in [0.2, 0.25) is 0 Å². The van der Waals surface area contributed by atoms with Gasteiger partial charge in [0.2, 0.25) is 10.0 Å². The molecule has 0 radical (unpaired) electrons. The molecule has 1 aliphatic carbocycles. The average molecular weight is 297 g/mol. The molecule has 1 aromatic rings. The molecule has 0 saturated heterocycles. The summed E-state index contributed by atoms with van der Waals surface area (Å²) in [6.07, 6.45) is 2.09. The Balaban J connectivity index is 1.90. The molecule has 0 aromatic heterocycles. The molecule has 2 N–H and O–H groups in total. The normalized spacial score (nSPS) is 16.8. The first-order valence-corrected chi connectivity index (χ1v) is 8.37. The van der Waals surface area contributed by atoms with Gasteiger partial charge in [0.25, 0.3) is 0 Å². The van der Waals surface area contributed by atoms with Gasteiger partial charge >= 0.3 is 5.97 Å². The Morgan fingerprint density at radius 1 is 1.30 bits per heavy atom. The third-order valence-corrected chi connectivity index (χ3v) is 4.82. The minimum atomic E-state index is -3.44. The smallest absolute Gasteiger partial charge is 0.304 e. The average Bonchev–Trinajstić information content (AvgIpc) is 3.20. The fourth-order valence-corrected chi connectivity index (χ4v) is 3.54. The predicted molar refractivity (Wildman–Crippen MR) is 75.8 cm³/mol. The molecule has 0 amide bonds. The maximum atomic E-state index is 12.0. The van der Waals surface area contributed by atoms with Crippen LogP contribution in [0.25, 0.3) is 0 Å². The van der Waals surface area contributed by atoms with Gasteiger partial charge in [-0.15, -0.1) is 0 Å². The van der Waals surface area contributed by atoms with Crippen LogP contribution in [0.1, 0.15) is 24.8 Å². The number of hydrogen-bond donors (Lipinski definition) is 2. The highest BCUT2D eigenvalue weighted by atomic mass is 32.2. The number of carbonyl (C=O) groups is 1. The molecule has 1 fully saturated rings. The van der Waals surface area contributed by atoms with Gasteiger partial charge in [0.05, 0.1) is 12.2 Å². The zero-order valence-electron chi connectivity index (χ0n) is 11.2.